The number of H-pyrrole nitrogens is 2. The van der Waals surface area contributed by atoms with Crippen LogP contribution in [0.4, 0.5) is 0 Å². The van der Waals surface area contributed by atoms with E-state index in [4.69, 9.17) is 9.05 Å². The molecule has 4 aromatic carbocycles. The third-order valence-electron chi connectivity index (χ3n) is 7.15. The van der Waals surface area contributed by atoms with Crippen LogP contribution in [0.2, 0.25) is 0 Å². The highest BCUT2D eigenvalue weighted by Crippen LogP contribution is 2.22. The first-order valence-corrected chi connectivity index (χ1v) is 18.6. The van der Waals surface area contributed by atoms with Gasteiger partial charge in [0.05, 0.1) is 9.79 Å². The van der Waals surface area contributed by atoms with Crippen LogP contribution in [0.15, 0.2) is 148 Å². The first kappa shape index (κ1) is 33.4. The number of benzene rings is 4. The van der Waals surface area contributed by atoms with Gasteiger partial charge in [-0.05, 0) is 55.3 Å². The maximum atomic E-state index is 13.5. The predicted octanol–water partition coefficient (Wildman–Crippen LogP) is 0.592. The van der Waals surface area contributed by atoms with Crippen LogP contribution in [0.5, 0.6) is 0 Å². The summed E-state index contributed by atoms with van der Waals surface area (Å²) < 4.78 is 94.9. The van der Waals surface area contributed by atoms with Crippen molar-refractivity contribution in [1.82, 2.24) is 20.0 Å². The zero-order valence-corrected chi connectivity index (χ0v) is 27.5. The fourth-order valence-electron chi connectivity index (χ4n) is 4.70. The number of sulfonamides is 2. The molecule has 0 spiro atoms. The van der Waals surface area contributed by atoms with Crippen molar-refractivity contribution in [3.8, 4) is 11.4 Å². The second kappa shape index (κ2) is 13.2. The number of nitrogens with one attached hydrogen (secondary N) is 4. The maximum Gasteiger partial charge on any atom is 0.448 e. The lowest BCUT2D eigenvalue weighted by molar-refractivity contribution is -0.705. The van der Waals surface area contributed by atoms with Gasteiger partial charge in [0.1, 0.15) is 0 Å². The van der Waals surface area contributed by atoms with Crippen LogP contribution < -0.4 is 30.1 Å². The Morgan fingerprint density at radius 1 is 0.510 bits per heavy atom. The highest BCUT2D eigenvalue weighted by atomic mass is 32.2. The lowest BCUT2D eigenvalue weighted by atomic mass is 10.2. The van der Waals surface area contributed by atoms with Gasteiger partial charge >= 0.3 is 41.3 Å². The molecule has 0 saturated heterocycles. The monoisotopic (exact) mass is 726 g/mol. The van der Waals surface area contributed by atoms with Crippen LogP contribution in [0, 0.1) is 0 Å². The summed E-state index contributed by atoms with van der Waals surface area (Å²) in [5, 5.41) is 2.94. The van der Waals surface area contributed by atoms with Crippen LogP contribution in [0.25, 0.3) is 11.4 Å². The number of aromatic nitrogens is 4. The predicted molar refractivity (Wildman–Crippen MR) is 168 cm³/mol. The standard InChI is InChI=1S/C30H24N6O10S3/c37-29-27(48(41,42)31-19-21-7-3-1-4-8-21)35(33-45-29)23-11-15-25(16-12-23)47(39,40)26-17-13-24(14-18-26)36-28(30(38)46-34-36)49(43,44)32-20-22-9-5-2-6-10-22/h1-18,31-32H,19-20H2/p+2. The Labute approximate surface area is 278 Å². The Morgan fingerprint density at radius 2 is 0.857 bits per heavy atom. The molecule has 6 rings (SSSR count). The molecule has 49 heavy (non-hydrogen) atoms. The summed E-state index contributed by atoms with van der Waals surface area (Å²) in [6.45, 7) is -0.192. The van der Waals surface area contributed by atoms with E-state index in [2.05, 4.69) is 20.0 Å². The minimum Gasteiger partial charge on any atom is -0.281 e. The Kier molecular flexibility index (Phi) is 9.01. The molecule has 19 heteroatoms. The quantitative estimate of drug-likeness (QED) is 0.128. The Hall–Kier alpha value is -5.47. The number of rotatable bonds is 12. The number of nitrogens with zero attached hydrogens (tertiary/aromatic N) is 2. The number of aromatic amines is 2. The van der Waals surface area contributed by atoms with Crippen molar-refractivity contribution in [3.63, 3.8) is 0 Å². The highest BCUT2D eigenvalue weighted by molar-refractivity contribution is 7.91. The molecule has 0 aliphatic rings. The fraction of sp³-hybridized carbons (Fsp3) is 0.0667. The van der Waals surface area contributed by atoms with Crippen LogP contribution in [0.1, 0.15) is 11.1 Å². The Morgan fingerprint density at radius 3 is 1.20 bits per heavy atom. The third kappa shape index (κ3) is 6.91. The fourth-order valence-corrected chi connectivity index (χ4v) is 8.23. The maximum absolute atomic E-state index is 13.5. The van der Waals surface area contributed by atoms with E-state index in [-0.39, 0.29) is 34.3 Å². The highest BCUT2D eigenvalue weighted by Gasteiger charge is 2.38. The largest absolute Gasteiger partial charge is 0.448 e. The summed E-state index contributed by atoms with van der Waals surface area (Å²) in [5.41, 5.74) is -0.879. The molecule has 0 unspecified atom stereocenters. The molecule has 4 N–H and O–H groups in total. The van der Waals surface area contributed by atoms with Crippen molar-refractivity contribution in [2.45, 2.75) is 32.9 Å². The normalized spacial score (nSPS) is 12.2. The van der Waals surface area contributed by atoms with Gasteiger partial charge in [0.15, 0.2) is 0 Å². The van der Waals surface area contributed by atoms with Gasteiger partial charge in [0.2, 0.25) is 21.2 Å². The average Bonchev–Trinajstić information content (AvgIpc) is 3.71. The van der Waals surface area contributed by atoms with E-state index in [9.17, 15) is 34.8 Å². The Balaban J connectivity index is 1.22. The SMILES string of the molecule is O=c1o[nH][n+](-c2ccc(S(=O)(=O)c3ccc(-[n+]4[nH]oc(=O)c4S(=O)(=O)NCc4ccccc4)cc3)cc2)c1S(=O)(=O)NCc1ccccc1. The molecular formula is C30H26N6O10S3+2. The molecule has 0 fully saturated rings. The van der Waals surface area contributed by atoms with E-state index in [1.807, 2.05) is 0 Å². The Bertz CT molecular complexity index is 2390. The minimum absolute atomic E-state index is 0.0789. The average molecular weight is 727 g/mol. The molecule has 0 amide bonds. The minimum atomic E-state index is -4.38. The molecule has 0 atom stereocenters. The first-order valence-electron chi connectivity index (χ1n) is 14.2. The molecule has 16 nitrogen and oxygen atoms in total. The molecule has 0 bridgehead atoms. The first-order chi connectivity index (χ1) is 23.4. The third-order valence-corrected chi connectivity index (χ3v) is 11.7. The van der Waals surface area contributed by atoms with Gasteiger partial charge in [-0.15, -0.1) is 0 Å². The number of hydrogen-bond acceptors (Lipinski definition) is 10. The number of hydrogen-bond donors (Lipinski definition) is 4. The molecular weight excluding hydrogens is 701 g/mol. The van der Waals surface area contributed by atoms with Crippen molar-refractivity contribution >= 4 is 29.9 Å². The molecule has 0 radical (unpaired) electrons. The van der Waals surface area contributed by atoms with Crippen molar-refractivity contribution in [2.75, 3.05) is 0 Å². The molecule has 0 aliphatic carbocycles. The zero-order valence-electron chi connectivity index (χ0n) is 25.0. The molecule has 0 aliphatic heterocycles. The smallest absolute Gasteiger partial charge is 0.281 e. The summed E-state index contributed by atoms with van der Waals surface area (Å²) in [6.07, 6.45) is 0. The number of sulfone groups is 1. The van der Waals surface area contributed by atoms with Crippen molar-refractivity contribution in [2.24, 2.45) is 0 Å². The van der Waals surface area contributed by atoms with Crippen molar-refractivity contribution in [1.29, 1.82) is 0 Å². The lowest BCUT2D eigenvalue weighted by Crippen LogP contribution is -2.43. The van der Waals surface area contributed by atoms with Gasteiger partial charge in [0, 0.05) is 37.4 Å². The second-order valence-electron chi connectivity index (χ2n) is 10.4. The van der Waals surface area contributed by atoms with Gasteiger partial charge in [-0.3, -0.25) is 9.05 Å². The van der Waals surface area contributed by atoms with E-state index in [0.717, 1.165) is 9.36 Å². The summed E-state index contributed by atoms with van der Waals surface area (Å²) in [4.78, 5) is 24.4. The lowest BCUT2D eigenvalue weighted by Gasteiger charge is -2.05. The van der Waals surface area contributed by atoms with Crippen molar-refractivity contribution in [3.05, 3.63) is 141 Å². The second-order valence-corrected chi connectivity index (χ2v) is 15.7. The van der Waals surface area contributed by atoms with Crippen LogP contribution in [-0.4, -0.2) is 35.8 Å². The summed E-state index contributed by atoms with van der Waals surface area (Å²) in [7, 11) is -12.9. The van der Waals surface area contributed by atoms with E-state index >= 15 is 0 Å². The van der Waals surface area contributed by atoms with Crippen LogP contribution >= 0.6 is 0 Å². The molecule has 6 aromatic rings. The van der Waals surface area contributed by atoms with E-state index in [1.165, 1.54) is 48.5 Å². The van der Waals surface area contributed by atoms with Crippen LogP contribution in [0.3, 0.4) is 0 Å². The topological polar surface area (TPSA) is 226 Å². The van der Waals surface area contributed by atoms with Crippen LogP contribution in [-0.2, 0) is 43.0 Å². The molecule has 0 saturated carbocycles. The van der Waals surface area contributed by atoms with Gasteiger partial charge < -0.3 is 0 Å². The molecule has 252 valence electrons. The molecule has 2 heterocycles. The van der Waals surface area contributed by atoms with Gasteiger partial charge in [-0.2, -0.15) is 0 Å². The summed E-state index contributed by atoms with van der Waals surface area (Å²) >= 11 is 0. The van der Waals surface area contributed by atoms with E-state index in [0.29, 0.717) is 11.1 Å². The summed E-state index contributed by atoms with van der Waals surface area (Å²) in [5.74, 6) is 0. The van der Waals surface area contributed by atoms with Gasteiger partial charge in [-0.25, -0.2) is 44.3 Å². The summed E-state index contributed by atoms with van der Waals surface area (Å²) in [6, 6.07) is 27.2. The molecule has 2 aromatic heterocycles. The zero-order chi connectivity index (χ0) is 34.8. The van der Waals surface area contributed by atoms with Gasteiger partial charge in [0.25, 0.3) is 0 Å². The van der Waals surface area contributed by atoms with Crippen molar-refractivity contribution < 1.29 is 43.7 Å². The van der Waals surface area contributed by atoms with Gasteiger partial charge in [-0.1, -0.05) is 60.7 Å². The van der Waals surface area contributed by atoms with E-state index in [1.54, 1.807) is 60.7 Å². The van der Waals surface area contributed by atoms with E-state index < -0.39 is 51.2 Å².